The molecule has 1 atom stereocenters. The highest BCUT2D eigenvalue weighted by Gasteiger charge is 2.13. The molecular weight excluding hydrogens is 314 g/mol. The van der Waals surface area contributed by atoms with Crippen LogP contribution in [0.1, 0.15) is 85.4 Å². The van der Waals surface area contributed by atoms with Crippen LogP contribution in [-0.4, -0.2) is 35.2 Å². The summed E-state index contributed by atoms with van der Waals surface area (Å²) >= 11 is 0. The lowest BCUT2D eigenvalue weighted by Gasteiger charge is -2.23. The molecule has 0 fully saturated rings. The van der Waals surface area contributed by atoms with Gasteiger partial charge in [0.2, 0.25) is 5.89 Å². The first-order chi connectivity index (χ1) is 11.7. The van der Waals surface area contributed by atoms with E-state index in [0.29, 0.717) is 23.3 Å². The van der Waals surface area contributed by atoms with Crippen molar-refractivity contribution in [2.24, 2.45) is 10.4 Å². The molecule has 144 valence electrons. The fourth-order valence-corrected chi connectivity index (χ4v) is 2.30. The van der Waals surface area contributed by atoms with E-state index in [9.17, 15) is 0 Å². The molecule has 1 unspecified atom stereocenters. The zero-order chi connectivity index (χ0) is 18.9. The second-order valence-electron chi connectivity index (χ2n) is 8.21. The number of hydrogen-bond donors (Lipinski definition) is 2. The van der Waals surface area contributed by atoms with Gasteiger partial charge in [0.05, 0.1) is 0 Å². The molecule has 0 amide bonds. The van der Waals surface area contributed by atoms with Gasteiger partial charge in [-0.05, 0) is 38.5 Å². The molecule has 0 saturated carbocycles. The second-order valence-corrected chi connectivity index (χ2v) is 8.21. The van der Waals surface area contributed by atoms with E-state index in [1.807, 2.05) is 0 Å². The number of hydrogen-bond acceptors (Lipinski definition) is 4. The van der Waals surface area contributed by atoms with Gasteiger partial charge in [0.25, 0.3) is 0 Å². The van der Waals surface area contributed by atoms with E-state index in [4.69, 9.17) is 4.52 Å². The molecule has 1 heterocycles. The summed E-state index contributed by atoms with van der Waals surface area (Å²) in [6.45, 7) is 16.9. The molecule has 1 rings (SSSR count). The predicted molar refractivity (Wildman–Crippen MR) is 104 cm³/mol. The standard InChI is InChI=1S/C19H37N5O/c1-8-20-18(22-15(4)11-12-19(5,6)7)21-13-9-10-16-23-17(14(2)3)24-25-16/h14-15H,8-13H2,1-7H3,(H2,20,21,22). The summed E-state index contributed by atoms with van der Waals surface area (Å²) in [6.07, 6.45) is 3.98. The third kappa shape index (κ3) is 9.46. The van der Waals surface area contributed by atoms with E-state index in [1.165, 1.54) is 6.42 Å². The third-order valence-electron chi connectivity index (χ3n) is 3.87. The molecule has 0 spiro atoms. The number of aliphatic imine (C=N–C) groups is 1. The van der Waals surface area contributed by atoms with Gasteiger partial charge in [-0.15, -0.1) is 0 Å². The smallest absolute Gasteiger partial charge is 0.226 e. The van der Waals surface area contributed by atoms with Crippen molar-refractivity contribution < 1.29 is 4.52 Å². The zero-order valence-electron chi connectivity index (χ0n) is 17.1. The van der Waals surface area contributed by atoms with Gasteiger partial charge in [-0.1, -0.05) is 39.8 Å². The van der Waals surface area contributed by atoms with Gasteiger partial charge in [0.1, 0.15) is 0 Å². The molecule has 1 aromatic heterocycles. The van der Waals surface area contributed by atoms with Gasteiger partial charge in [0, 0.05) is 31.5 Å². The minimum atomic E-state index is 0.301. The Balaban J connectivity index is 2.40. The summed E-state index contributed by atoms with van der Waals surface area (Å²) in [5.41, 5.74) is 0.365. The first-order valence-corrected chi connectivity index (χ1v) is 9.58. The Hall–Kier alpha value is -1.59. The summed E-state index contributed by atoms with van der Waals surface area (Å²) in [4.78, 5) is 9.06. The van der Waals surface area contributed by atoms with Crippen molar-refractivity contribution in [3.8, 4) is 0 Å². The lowest BCUT2D eigenvalue weighted by atomic mass is 9.89. The summed E-state index contributed by atoms with van der Waals surface area (Å²) in [5.74, 6) is 2.67. The van der Waals surface area contributed by atoms with Crippen LogP contribution in [0.15, 0.2) is 9.52 Å². The van der Waals surface area contributed by atoms with Gasteiger partial charge in [0.15, 0.2) is 11.8 Å². The number of guanidine groups is 1. The first kappa shape index (κ1) is 21.5. The van der Waals surface area contributed by atoms with Crippen LogP contribution in [0.25, 0.3) is 0 Å². The third-order valence-corrected chi connectivity index (χ3v) is 3.87. The van der Waals surface area contributed by atoms with E-state index in [0.717, 1.165) is 44.1 Å². The maximum atomic E-state index is 5.27. The van der Waals surface area contributed by atoms with Crippen LogP contribution in [0.2, 0.25) is 0 Å². The summed E-state index contributed by atoms with van der Waals surface area (Å²) in [7, 11) is 0. The summed E-state index contributed by atoms with van der Waals surface area (Å²) in [6, 6.07) is 0.404. The first-order valence-electron chi connectivity index (χ1n) is 9.58. The summed E-state index contributed by atoms with van der Waals surface area (Å²) < 4.78 is 5.27. The molecule has 0 radical (unpaired) electrons. The van der Waals surface area contributed by atoms with Crippen LogP contribution in [0.3, 0.4) is 0 Å². The van der Waals surface area contributed by atoms with Crippen molar-refractivity contribution >= 4 is 5.96 Å². The van der Waals surface area contributed by atoms with Crippen molar-refractivity contribution in [2.75, 3.05) is 13.1 Å². The Kier molecular flexibility index (Phi) is 8.93. The Labute approximate surface area is 153 Å². The van der Waals surface area contributed by atoms with Crippen molar-refractivity contribution in [1.29, 1.82) is 0 Å². The SMILES string of the molecule is CCNC(=NCCCc1nc(C(C)C)no1)NC(C)CCC(C)(C)C. The Morgan fingerprint density at radius 1 is 1.24 bits per heavy atom. The number of aryl methyl sites for hydroxylation is 1. The average Bonchev–Trinajstić information content (AvgIpc) is 2.98. The van der Waals surface area contributed by atoms with Gasteiger partial charge < -0.3 is 15.2 Å². The van der Waals surface area contributed by atoms with E-state index >= 15 is 0 Å². The number of nitrogens with zero attached hydrogens (tertiary/aromatic N) is 3. The Morgan fingerprint density at radius 2 is 1.96 bits per heavy atom. The Bertz CT molecular complexity index is 516. The molecule has 6 heteroatoms. The second kappa shape index (κ2) is 10.4. The maximum Gasteiger partial charge on any atom is 0.226 e. The minimum absolute atomic E-state index is 0.301. The van der Waals surface area contributed by atoms with Crippen molar-refractivity contribution in [2.45, 2.75) is 86.1 Å². The lowest BCUT2D eigenvalue weighted by molar-refractivity contribution is 0.346. The number of nitrogens with one attached hydrogen (secondary N) is 2. The molecular formula is C19H37N5O. The fourth-order valence-electron chi connectivity index (χ4n) is 2.30. The van der Waals surface area contributed by atoms with Crippen LogP contribution in [0.5, 0.6) is 0 Å². The molecule has 0 bridgehead atoms. The highest BCUT2D eigenvalue weighted by Crippen LogP contribution is 2.21. The lowest BCUT2D eigenvalue weighted by Crippen LogP contribution is -2.42. The molecule has 1 aromatic rings. The van der Waals surface area contributed by atoms with Crippen molar-refractivity contribution in [1.82, 2.24) is 20.8 Å². The van der Waals surface area contributed by atoms with E-state index < -0.39 is 0 Å². The molecule has 2 N–H and O–H groups in total. The van der Waals surface area contributed by atoms with Crippen molar-refractivity contribution in [3.05, 3.63) is 11.7 Å². The highest BCUT2D eigenvalue weighted by molar-refractivity contribution is 5.80. The van der Waals surface area contributed by atoms with E-state index in [2.05, 4.69) is 74.2 Å². The van der Waals surface area contributed by atoms with Gasteiger partial charge >= 0.3 is 0 Å². The maximum absolute atomic E-state index is 5.27. The molecule has 0 aliphatic rings. The largest absolute Gasteiger partial charge is 0.357 e. The van der Waals surface area contributed by atoms with Crippen LogP contribution >= 0.6 is 0 Å². The molecule has 6 nitrogen and oxygen atoms in total. The van der Waals surface area contributed by atoms with Crippen LogP contribution in [-0.2, 0) is 6.42 Å². The molecule has 25 heavy (non-hydrogen) atoms. The minimum Gasteiger partial charge on any atom is -0.357 e. The molecule has 0 aromatic carbocycles. The van der Waals surface area contributed by atoms with Crippen LogP contribution < -0.4 is 10.6 Å². The summed E-state index contributed by atoms with van der Waals surface area (Å²) in [5, 5.41) is 10.8. The van der Waals surface area contributed by atoms with Crippen LogP contribution in [0.4, 0.5) is 0 Å². The van der Waals surface area contributed by atoms with E-state index in [-0.39, 0.29) is 0 Å². The monoisotopic (exact) mass is 351 g/mol. The average molecular weight is 352 g/mol. The van der Waals surface area contributed by atoms with Gasteiger partial charge in [-0.3, -0.25) is 4.99 Å². The van der Waals surface area contributed by atoms with Crippen LogP contribution in [0, 0.1) is 5.41 Å². The normalized spacial score (nSPS) is 14.0. The molecule has 0 aliphatic carbocycles. The molecule has 0 aliphatic heterocycles. The van der Waals surface area contributed by atoms with E-state index in [1.54, 1.807) is 0 Å². The topological polar surface area (TPSA) is 75.3 Å². The number of aromatic nitrogens is 2. The van der Waals surface area contributed by atoms with Crippen molar-refractivity contribution in [3.63, 3.8) is 0 Å². The molecule has 0 saturated heterocycles. The quantitative estimate of drug-likeness (QED) is 0.401. The predicted octanol–water partition coefficient (Wildman–Crippen LogP) is 3.90. The number of rotatable bonds is 9. The Morgan fingerprint density at radius 3 is 2.52 bits per heavy atom. The van der Waals surface area contributed by atoms with Gasteiger partial charge in [-0.25, -0.2) is 0 Å². The zero-order valence-corrected chi connectivity index (χ0v) is 17.1. The fraction of sp³-hybridized carbons (Fsp3) is 0.842. The van der Waals surface area contributed by atoms with Gasteiger partial charge in [-0.2, -0.15) is 4.98 Å². The highest BCUT2D eigenvalue weighted by atomic mass is 16.5.